The quantitative estimate of drug-likeness (QED) is 0.359. The molecular weight excluding hydrogens is 270 g/mol. The second kappa shape index (κ2) is 4.43. The van der Waals surface area contributed by atoms with Crippen molar-refractivity contribution in [3.05, 3.63) is 27.4 Å². The summed E-state index contributed by atoms with van der Waals surface area (Å²) in [5.74, 6) is 0. The first-order chi connectivity index (χ1) is 8.62. The van der Waals surface area contributed by atoms with Gasteiger partial charge in [0.05, 0.1) is 27.8 Å². The Morgan fingerprint density at radius 2 is 1.79 bits per heavy atom. The first-order valence-electron chi connectivity index (χ1n) is 5.80. The summed E-state index contributed by atoms with van der Waals surface area (Å²) in [6.07, 6.45) is 0. The predicted molar refractivity (Wildman–Crippen MR) is 71.6 cm³/mol. The fourth-order valence-electron chi connectivity index (χ4n) is 1.69. The van der Waals surface area contributed by atoms with Crippen molar-refractivity contribution in [3.8, 4) is 0 Å². The lowest BCUT2D eigenvalue weighted by atomic mass is 9.84. The van der Waals surface area contributed by atoms with E-state index in [1.54, 1.807) is 0 Å². The van der Waals surface area contributed by atoms with Crippen LogP contribution in [-0.4, -0.2) is 28.2 Å². The van der Waals surface area contributed by atoms with Crippen LogP contribution in [0.5, 0.6) is 0 Å². The largest absolute Gasteiger partial charge is 0.514 e. The molecule has 0 aliphatic carbocycles. The molecule has 1 aromatic rings. The Morgan fingerprint density at radius 3 is 2.26 bits per heavy atom. The highest BCUT2D eigenvalue weighted by atomic mass is 35.5. The number of nitrogens with zero attached hydrogens (tertiary/aromatic N) is 2. The molecule has 1 aromatic heterocycles. The summed E-state index contributed by atoms with van der Waals surface area (Å²) >= 11 is 5.79. The smallest absolute Gasteiger partial charge is 0.398 e. The van der Waals surface area contributed by atoms with Crippen LogP contribution in [0.4, 0.5) is 5.69 Å². The summed E-state index contributed by atoms with van der Waals surface area (Å²) in [4.78, 5) is 14.3. The molecule has 0 saturated carbocycles. The Kier molecular flexibility index (Phi) is 3.32. The van der Waals surface area contributed by atoms with Crippen LogP contribution in [0.2, 0.25) is 5.15 Å². The summed E-state index contributed by atoms with van der Waals surface area (Å²) in [7, 11) is -0.762. The Labute approximate surface area is 116 Å². The van der Waals surface area contributed by atoms with Gasteiger partial charge in [-0.2, -0.15) is 0 Å². The van der Waals surface area contributed by atoms with E-state index in [4.69, 9.17) is 20.9 Å². The van der Waals surface area contributed by atoms with E-state index in [0.29, 0.717) is 5.59 Å². The van der Waals surface area contributed by atoms with Gasteiger partial charge in [0.15, 0.2) is 0 Å². The van der Waals surface area contributed by atoms with Gasteiger partial charge in [0.1, 0.15) is 5.15 Å². The number of aromatic nitrogens is 1. The fraction of sp³-hybridized carbons (Fsp3) is 0.545. The second-order valence-electron chi connectivity index (χ2n) is 5.42. The van der Waals surface area contributed by atoms with Crippen molar-refractivity contribution >= 4 is 30.0 Å². The molecule has 0 amide bonds. The second-order valence-corrected chi connectivity index (χ2v) is 5.81. The van der Waals surface area contributed by atoms with E-state index in [1.807, 2.05) is 27.7 Å². The van der Waals surface area contributed by atoms with Crippen molar-refractivity contribution in [2.75, 3.05) is 0 Å². The highest BCUT2D eigenvalue weighted by molar-refractivity contribution is 6.61. The van der Waals surface area contributed by atoms with E-state index in [0.717, 1.165) is 0 Å². The van der Waals surface area contributed by atoms with E-state index in [1.165, 1.54) is 12.1 Å². The molecular formula is C11H14BClN2O4. The Morgan fingerprint density at radius 1 is 1.26 bits per heavy atom. The van der Waals surface area contributed by atoms with Crippen molar-refractivity contribution in [3.63, 3.8) is 0 Å². The third-order valence-corrected chi connectivity index (χ3v) is 3.70. The topological polar surface area (TPSA) is 74.5 Å². The lowest BCUT2D eigenvalue weighted by Crippen LogP contribution is -2.41. The molecule has 1 saturated heterocycles. The van der Waals surface area contributed by atoms with Crippen molar-refractivity contribution in [2.24, 2.45) is 0 Å². The van der Waals surface area contributed by atoms with Crippen molar-refractivity contribution in [2.45, 2.75) is 38.9 Å². The molecule has 0 atom stereocenters. The van der Waals surface area contributed by atoms with Gasteiger partial charge in [-0.1, -0.05) is 11.6 Å². The van der Waals surface area contributed by atoms with E-state index in [-0.39, 0.29) is 10.8 Å². The number of rotatable bonds is 2. The molecule has 102 valence electrons. The maximum Gasteiger partial charge on any atom is 0.514 e. The summed E-state index contributed by atoms with van der Waals surface area (Å²) in [6, 6.07) is 2.50. The summed E-state index contributed by atoms with van der Waals surface area (Å²) in [5, 5.41) is 10.9. The Balaban J connectivity index is 2.37. The molecule has 8 heteroatoms. The van der Waals surface area contributed by atoms with Gasteiger partial charge in [-0.25, -0.2) is 4.98 Å². The van der Waals surface area contributed by atoms with Crippen LogP contribution in [0, 0.1) is 10.1 Å². The maximum absolute atomic E-state index is 10.8. The van der Waals surface area contributed by atoms with E-state index < -0.39 is 23.2 Å². The van der Waals surface area contributed by atoms with Crippen LogP contribution in [0.3, 0.4) is 0 Å². The maximum atomic E-state index is 10.8. The molecule has 1 aliphatic rings. The first kappa shape index (κ1) is 14.2. The van der Waals surface area contributed by atoms with Crippen LogP contribution < -0.4 is 5.59 Å². The zero-order valence-electron chi connectivity index (χ0n) is 11.1. The van der Waals surface area contributed by atoms with Crippen LogP contribution in [-0.2, 0) is 9.31 Å². The van der Waals surface area contributed by atoms with Gasteiger partial charge in [0, 0.05) is 6.07 Å². The van der Waals surface area contributed by atoms with Crippen LogP contribution in [0.25, 0.3) is 0 Å². The number of halogens is 1. The van der Waals surface area contributed by atoms with Crippen molar-refractivity contribution in [1.82, 2.24) is 4.98 Å². The lowest BCUT2D eigenvalue weighted by molar-refractivity contribution is -0.384. The van der Waals surface area contributed by atoms with Crippen LogP contribution in [0.1, 0.15) is 27.7 Å². The Bertz CT molecular complexity index is 519. The summed E-state index contributed by atoms with van der Waals surface area (Å²) in [6.45, 7) is 7.58. The number of nitro groups is 1. The highest BCUT2D eigenvalue weighted by Crippen LogP contribution is 2.36. The fourth-order valence-corrected chi connectivity index (χ4v) is 1.90. The summed E-state index contributed by atoms with van der Waals surface area (Å²) < 4.78 is 11.5. The zero-order chi connectivity index (χ0) is 14.4. The van der Waals surface area contributed by atoms with Gasteiger partial charge in [-0.05, 0) is 27.7 Å². The molecule has 0 spiro atoms. The highest BCUT2D eigenvalue weighted by Gasteiger charge is 2.52. The standard InChI is InChI=1S/C11H14BClN2O4/c1-10(2)11(3,4)19-12(18-10)8-5-7(15(16)17)6-9(13)14-8/h5-6H,1-4H3. The van der Waals surface area contributed by atoms with Crippen molar-refractivity contribution < 1.29 is 14.2 Å². The average Bonchev–Trinajstić information content (AvgIpc) is 2.47. The molecule has 0 radical (unpaired) electrons. The third kappa shape index (κ3) is 2.58. The predicted octanol–water partition coefficient (Wildman–Crippen LogP) is 1.94. The molecule has 2 heterocycles. The SMILES string of the molecule is CC1(C)OB(c2cc([N+](=O)[O-])cc(Cl)n2)OC1(C)C. The van der Waals surface area contributed by atoms with Gasteiger partial charge in [-0.15, -0.1) is 0 Å². The van der Waals surface area contributed by atoms with Gasteiger partial charge in [0.25, 0.3) is 5.69 Å². The van der Waals surface area contributed by atoms with E-state index >= 15 is 0 Å². The third-order valence-electron chi connectivity index (χ3n) is 3.50. The van der Waals surface area contributed by atoms with Crippen molar-refractivity contribution in [1.29, 1.82) is 0 Å². The zero-order valence-corrected chi connectivity index (χ0v) is 11.9. The monoisotopic (exact) mass is 284 g/mol. The normalized spacial score (nSPS) is 20.6. The molecule has 0 aromatic carbocycles. The molecule has 6 nitrogen and oxygen atoms in total. The molecule has 2 rings (SSSR count). The van der Waals surface area contributed by atoms with Gasteiger partial charge in [0.2, 0.25) is 0 Å². The number of hydrogen-bond acceptors (Lipinski definition) is 5. The number of pyridine rings is 1. The number of hydrogen-bond donors (Lipinski definition) is 0. The first-order valence-corrected chi connectivity index (χ1v) is 6.18. The van der Waals surface area contributed by atoms with Gasteiger partial charge in [-0.3, -0.25) is 10.1 Å². The molecule has 19 heavy (non-hydrogen) atoms. The summed E-state index contributed by atoms with van der Waals surface area (Å²) in [5.41, 5.74) is -0.894. The van der Waals surface area contributed by atoms with Crippen LogP contribution in [0.15, 0.2) is 12.1 Å². The molecule has 0 unspecified atom stereocenters. The van der Waals surface area contributed by atoms with E-state index in [2.05, 4.69) is 4.98 Å². The molecule has 0 bridgehead atoms. The van der Waals surface area contributed by atoms with Gasteiger partial charge >= 0.3 is 7.12 Å². The van der Waals surface area contributed by atoms with E-state index in [9.17, 15) is 10.1 Å². The minimum atomic E-state index is -0.762. The molecule has 0 N–H and O–H groups in total. The van der Waals surface area contributed by atoms with Gasteiger partial charge < -0.3 is 9.31 Å². The Hall–Kier alpha value is -1.18. The lowest BCUT2D eigenvalue weighted by Gasteiger charge is -2.32. The minimum absolute atomic E-state index is 0.0407. The molecule has 1 aliphatic heterocycles. The minimum Gasteiger partial charge on any atom is -0.398 e. The van der Waals surface area contributed by atoms with Crippen LogP contribution >= 0.6 is 11.6 Å². The molecule has 1 fully saturated rings. The average molecular weight is 285 g/mol.